The SMILES string of the molecule is Nc1ccc(C2CCCC(I)C2)cc1. The molecular weight excluding hydrogens is 285 g/mol. The van der Waals surface area contributed by atoms with Crippen LogP contribution in [0.3, 0.4) is 0 Å². The van der Waals surface area contributed by atoms with Crippen molar-refractivity contribution in [3.8, 4) is 0 Å². The van der Waals surface area contributed by atoms with E-state index in [9.17, 15) is 0 Å². The smallest absolute Gasteiger partial charge is 0.0314 e. The number of hydrogen-bond donors (Lipinski definition) is 1. The normalized spacial score (nSPS) is 27.5. The van der Waals surface area contributed by atoms with Crippen LogP contribution in [0.5, 0.6) is 0 Å². The number of alkyl halides is 1. The molecule has 14 heavy (non-hydrogen) atoms. The summed E-state index contributed by atoms with van der Waals surface area (Å²) in [6, 6.07) is 8.42. The highest BCUT2D eigenvalue weighted by molar-refractivity contribution is 14.1. The molecule has 1 nitrogen and oxygen atoms in total. The molecule has 2 unspecified atom stereocenters. The fourth-order valence-electron chi connectivity index (χ4n) is 2.20. The number of anilines is 1. The van der Waals surface area contributed by atoms with Crippen molar-refractivity contribution < 1.29 is 0 Å². The maximum Gasteiger partial charge on any atom is 0.0314 e. The number of hydrogen-bond acceptors (Lipinski definition) is 1. The Labute approximate surface area is 99.2 Å². The summed E-state index contributed by atoms with van der Waals surface area (Å²) in [5.74, 6) is 0.770. The first-order valence-electron chi connectivity index (χ1n) is 5.25. The molecule has 1 aliphatic rings. The first-order valence-corrected chi connectivity index (χ1v) is 6.50. The maximum atomic E-state index is 5.68. The highest BCUT2D eigenvalue weighted by Gasteiger charge is 2.20. The lowest BCUT2D eigenvalue weighted by Gasteiger charge is -2.26. The zero-order valence-electron chi connectivity index (χ0n) is 8.25. The van der Waals surface area contributed by atoms with Crippen LogP contribution >= 0.6 is 22.6 Å². The third-order valence-electron chi connectivity index (χ3n) is 3.02. The molecule has 1 fully saturated rings. The van der Waals surface area contributed by atoms with Gasteiger partial charge in [0.05, 0.1) is 0 Å². The van der Waals surface area contributed by atoms with Crippen LogP contribution < -0.4 is 5.73 Å². The van der Waals surface area contributed by atoms with Crippen molar-refractivity contribution in [1.82, 2.24) is 0 Å². The second kappa shape index (κ2) is 4.51. The van der Waals surface area contributed by atoms with Crippen LogP contribution in [0.25, 0.3) is 0 Å². The molecule has 2 atom stereocenters. The van der Waals surface area contributed by atoms with Gasteiger partial charge in [-0.3, -0.25) is 0 Å². The highest BCUT2D eigenvalue weighted by Crippen LogP contribution is 2.36. The number of halogens is 1. The van der Waals surface area contributed by atoms with E-state index in [4.69, 9.17) is 5.73 Å². The predicted molar refractivity (Wildman–Crippen MR) is 69.9 cm³/mol. The summed E-state index contributed by atoms with van der Waals surface area (Å²) in [4.78, 5) is 0. The van der Waals surface area contributed by atoms with E-state index in [1.807, 2.05) is 12.1 Å². The predicted octanol–water partition coefficient (Wildman–Crippen LogP) is 3.73. The van der Waals surface area contributed by atoms with E-state index < -0.39 is 0 Å². The Kier molecular flexibility index (Phi) is 3.31. The van der Waals surface area contributed by atoms with E-state index in [1.165, 1.54) is 31.2 Å². The molecule has 0 amide bonds. The second-order valence-electron chi connectivity index (χ2n) is 4.13. The molecule has 0 radical (unpaired) electrons. The molecule has 0 aliphatic heterocycles. The van der Waals surface area contributed by atoms with E-state index in [0.29, 0.717) is 0 Å². The van der Waals surface area contributed by atoms with Crippen LogP contribution in [-0.2, 0) is 0 Å². The minimum absolute atomic E-state index is 0.770. The van der Waals surface area contributed by atoms with Crippen LogP contribution in [0.4, 0.5) is 5.69 Å². The van der Waals surface area contributed by atoms with Crippen molar-refractivity contribution in [1.29, 1.82) is 0 Å². The summed E-state index contributed by atoms with van der Waals surface area (Å²) in [6.45, 7) is 0. The molecule has 2 rings (SSSR count). The van der Waals surface area contributed by atoms with Crippen molar-refractivity contribution in [3.05, 3.63) is 29.8 Å². The summed E-state index contributed by atoms with van der Waals surface area (Å²) in [7, 11) is 0. The standard InChI is InChI=1S/C12H16IN/c13-11-3-1-2-10(8-11)9-4-6-12(14)7-5-9/h4-7,10-11H,1-3,8,14H2. The molecule has 76 valence electrons. The average molecular weight is 301 g/mol. The topological polar surface area (TPSA) is 26.0 Å². The molecule has 2 N–H and O–H groups in total. The molecule has 0 bridgehead atoms. The summed E-state index contributed by atoms with van der Waals surface area (Å²) >= 11 is 2.58. The molecular formula is C12H16IN. The minimum Gasteiger partial charge on any atom is -0.399 e. The molecule has 0 heterocycles. The van der Waals surface area contributed by atoms with Crippen LogP contribution in [0, 0.1) is 0 Å². The Morgan fingerprint density at radius 2 is 1.86 bits per heavy atom. The van der Waals surface area contributed by atoms with E-state index in [0.717, 1.165) is 15.5 Å². The van der Waals surface area contributed by atoms with Gasteiger partial charge in [0.15, 0.2) is 0 Å². The Morgan fingerprint density at radius 3 is 2.50 bits per heavy atom. The molecule has 1 saturated carbocycles. The molecule has 1 aliphatic carbocycles. The fourth-order valence-corrected chi connectivity index (χ4v) is 3.26. The quantitative estimate of drug-likeness (QED) is 0.477. The molecule has 0 saturated heterocycles. The zero-order chi connectivity index (χ0) is 9.97. The maximum absolute atomic E-state index is 5.68. The third-order valence-corrected chi connectivity index (χ3v) is 4.15. The lowest BCUT2D eigenvalue weighted by atomic mass is 9.84. The summed E-state index contributed by atoms with van der Waals surface area (Å²) in [5.41, 5.74) is 8.03. The fraction of sp³-hybridized carbons (Fsp3) is 0.500. The zero-order valence-corrected chi connectivity index (χ0v) is 10.4. The lowest BCUT2D eigenvalue weighted by molar-refractivity contribution is 0.463. The van der Waals surface area contributed by atoms with Gasteiger partial charge in [-0.2, -0.15) is 0 Å². The van der Waals surface area contributed by atoms with Crippen molar-refractivity contribution >= 4 is 28.3 Å². The number of benzene rings is 1. The number of rotatable bonds is 1. The molecule has 1 aromatic carbocycles. The van der Waals surface area contributed by atoms with Gasteiger partial charge in [-0.25, -0.2) is 0 Å². The van der Waals surface area contributed by atoms with Crippen molar-refractivity contribution in [2.24, 2.45) is 0 Å². The van der Waals surface area contributed by atoms with Crippen LogP contribution in [0.1, 0.15) is 37.2 Å². The van der Waals surface area contributed by atoms with Crippen molar-refractivity contribution in [2.45, 2.75) is 35.5 Å². The molecule has 2 heteroatoms. The summed E-state index contributed by atoms with van der Waals surface area (Å²) in [6.07, 6.45) is 5.46. The summed E-state index contributed by atoms with van der Waals surface area (Å²) < 4.78 is 0.865. The van der Waals surface area contributed by atoms with Crippen molar-refractivity contribution in [2.75, 3.05) is 5.73 Å². The number of nitrogen functional groups attached to an aromatic ring is 1. The van der Waals surface area contributed by atoms with Crippen molar-refractivity contribution in [3.63, 3.8) is 0 Å². The van der Waals surface area contributed by atoms with Gasteiger partial charge >= 0.3 is 0 Å². The third kappa shape index (κ3) is 2.41. The highest BCUT2D eigenvalue weighted by atomic mass is 127. The second-order valence-corrected chi connectivity index (χ2v) is 5.89. The molecule has 0 aromatic heterocycles. The van der Waals surface area contributed by atoms with Crippen LogP contribution in [0.2, 0.25) is 0 Å². The Morgan fingerprint density at radius 1 is 1.14 bits per heavy atom. The van der Waals surface area contributed by atoms with Gasteiger partial charge in [0, 0.05) is 9.61 Å². The van der Waals surface area contributed by atoms with E-state index in [2.05, 4.69) is 34.7 Å². The Balaban J connectivity index is 2.10. The van der Waals surface area contributed by atoms with Gasteiger partial charge in [0.2, 0.25) is 0 Å². The first-order chi connectivity index (χ1) is 6.75. The number of nitrogens with two attached hydrogens (primary N) is 1. The Hall–Kier alpha value is -0.250. The molecule has 0 spiro atoms. The van der Waals surface area contributed by atoms with Gasteiger partial charge in [0.25, 0.3) is 0 Å². The monoisotopic (exact) mass is 301 g/mol. The minimum atomic E-state index is 0.770. The van der Waals surface area contributed by atoms with E-state index in [-0.39, 0.29) is 0 Å². The molecule has 1 aromatic rings. The summed E-state index contributed by atoms with van der Waals surface area (Å²) in [5, 5.41) is 0. The van der Waals surface area contributed by atoms with Gasteiger partial charge in [-0.1, -0.05) is 41.1 Å². The van der Waals surface area contributed by atoms with Crippen LogP contribution in [-0.4, -0.2) is 3.92 Å². The Bertz CT molecular complexity index is 294. The van der Waals surface area contributed by atoms with Gasteiger partial charge < -0.3 is 5.73 Å². The first kappa shape index (κ1) is 10.3. The van der Waals surface area contributed by atoms with Gasteiger partial charge in [0.1, 0.15) is 0 Å². The van der Waals surface area contributed by atoms with E-state index in [1.54, 1.807) is 0 Å². The van der Waals surface area contributed by atoms with Gasteiger partial charge in [-0.15, -0.1) is 0 Å². The van der Waals surface area contributed by atoms with Crippen LogP contribution in [0.15, 0.2) is 24.3 Å². The average Bonchev–Trinajstić information content (AvgIpc) is 2.19. The lowest BCUT2D eigenvalue weighted by Crippen LogP contribution is -2.13. The van der Waals surface area contributed by atoms with E-state index >= 15 is 0 Å². The van der Waals surface area contributed by atoms with Gasteiger partial charge in [-0.05, 0) is 42.9 Å². The largest absolute Gasteiger partial charge is 0.399 e.